The zero-order chi connectivity index (χ0) is 13.7. The van der Waals surface area contributed by atoms with Crippen molar-refractivity contribution in [1.29, 1.82) is 0 Å². The molecule has 0 heterocycles. The van der Waals surface area contributed by atoms with E-state index >= 15 is 0 Å². The number of para-hydroxylation sites is 1. The van der Waals surface area contributed by atoms with E-state index in [1.165, 1.54) is 5.56 Å². The first-order valence-electron chi connectivity index (χ1n) is 6.47. The Hall–Kier alpha value is -1.54. The fourth-order valence-corrected chi connectivity index (χ4v) is 2.25. The molecule has 19 heavy (non-hydrogen) atoms. The van der Waals surface area contributed by atoms with Gasteiger partial charge in [0, 0.05) is 17.8 Å². The van der Waals surface area contributed by atoms with Gasteiger partial charge >= 0.3 is 0 Å². The fraction of sp³-hybridized carbons (Fsp3) is 0.250. The van der Waals surface area contributed by atoms with Crippen molar-refractivity contribution >= 4 is 17.3 Å². The molecule has 0 atom stereocenters. The van der Waals surface area contributed by atoms with E-state index in [9.17, 15) is 4.39 Å². The summed E-state index contributed by atoms with van der Waals surface area (Å²) in [6.45, 7) is 2.58. The van der Waals surface area contributed by atoms with Crippen LogP contribution in [0.15, 0.2) is 42.5 Å². The number of benzene rings is 2. The molecule has 0 saturated carbocycles. The van der Waals surface area contributed by atoms with Gasteiger partial charge in [0.15, 0.2) is 0 Å². The summed E-state index contributed by atoms with van der Waals surface area (Å²) in [4.78, 5) is 0. The van der Waals surface area contributed by atoms with Crippen molar-refractivity contribution in [2.75, 3.05) is 5.32 Å². The molecule has 3 heteroatoms. The molecule has 2 rings (SSSR count). The van der Waals surface area contributed by atoms with Gasteiger partial charge in [-0.2, -0.15) is 0 Å². The first-order valence-corrected chi connectivity index (χ1v) is 6.85. The van der Waals surface area contributed by atoms with E-state index in [0.29, 0.717) is 12.1 Å². The van der Waals surface area contributed by atoms with Gasteiger partial charge in [0.2, 0.25) is 0 Å². The highest BCUT2D eigenvalue weighted by Crippen LogP contribution is 2.21. The second-order valence-electron chi connectivity index (χ2n) is 4.47. The van der Waals surface area contributed by atoms with Gasteiger partial charge in [-0.3, -0.25) is 0 Å². The first kappa shape index (κ1) is 13.9. The summed E-state index contributed by atoms with van der Waals surface area (Å²) in [6, 6.07) is 13.2. The number of halogens is 2. The van der Waals surface area contributed by atoms with Gasteiger partial charge in [-0.15, -0.1) is 0 Å². The SMILES string of the molecule is CCCc1ccccc1NCc1cccc(Cl)c1F. The second-order valence-corrected chi connectivity index (χ2v) is 4.88. The molecule has 1 nitrogen and oxygen atoms in total. The van der Waals surface area contributed by atoms with E-state index < -0.39 is 0 Å². The number of aryl methyl sites for hydroxylation is 1. The maximum atomic E-state index is 13.8. The highest BCUT2D eigenvalue weighted by Gasteiger charge is 2.06. The van der Waals surface area contributed by atoms with Gasteiger partial charge < -0.3 is 5.32 Å². The Labute approximate surface area is 118 Å². The molecule has 0 aliphatic carbocycles. The van der Waals surface area contributed by atoms with Crippen molar-refractivity contribution in [3.05, 3.63) is 64.4 Å². The highest BCUT2D eigenvalue weighted by atomic mass is 35.5. The van der Waals surface area contributed by atoms with Gasteiger partial charge in [0.05, 0.1) is 5.02 Å². The third kappa shape index (κ3) is 3.48. The Morgan fingerprint density at radius 1 is 1.05 bits per heavy atom. The van der Waals surface area contributed by atoms with E-state index in [4.69, 9.17) is 11.6 Å². The number of hydrogen-bond acceptors (Lipinski definition) is 1. The van der Waals surface area contributed by atoms with Crippen LogP contribution in [0.3, 0.4) is 0 Å². The molecule has 0 bridgehead atoms. The van der Waals surface area contributed by atoms with Crippen molar-refractivity contribution in [2.45, 2.75) is 26.3 Å². The molecular formula is C16H17ClFN. The zero-order valence-corrected chi connectivity index (χ0v) is 11.7. The Kier molecular flexibility index (Phi) is 4.80. The molecule has 2 aromatic carbocycles. The van der Waals surface area contributed by atoms with Crippen LogP contribution in [0.5, 0.6) is 0 Å². The minimum atomic E-state index is -0.343. The van der Waals surface area contributed by atoms with Crippen molar-refractivity contribution in [3.63, 3.8) is 0 Å². The largest absolute Gasteiger partial charge is 0.381 e. The van der Waals surface area contributed by atoms with Crippen LogP contribution in [0.1, 0.15) is 24.5 Å². The average molecular weight is 278 g/mol. The molecule has 1 N–H and O–H groups in total. The summed E-state index contributed by atoms with van der Waals surface area (Å²) >= 11 is 5.77. The van der Waals surface area contributed by atoms with Crippen molar-refractivity contribution in [1.82, 2.24) is 0 Å². The normalized spacial score (nSPS) is 10.5. The summed E-state index contributed by atoms with van der Waals surface area (Å²) in [5.41, 5.74) is 2.90. The van der Waals surface area contributed by atoms with Gasteiger partial charge in [0.25, 0.3) is 0 Å². The third-order valence-electron chi connectivity index (χ3n) is 3.04. The molecule has 0 aliphatic heterocycles. The molecule has 0 aliphatic rings. The first-order chi connectivity index (χ1) is 9.22. The predicted molar refractivity (Wildman–Crippen MR) is 79.2 cm³/mol. The minimum absolute atomic E-state index is 0.168. The average Bonchev–Trinajstić information content (AvgIpc) is 2.42. The van der Waals surface area contributed by atoms with Crippen LogP contribution < -0.4 is 5.32 Å². The van der Waals surface area contributed by atoms with E-state index in [2.05, 4.69) is 18.3 Å². The molecule has 100 valence electrons. The van der Waals surface area contributed by atoms with Gasteiger partial charge in [0.1, 0.15) is 5.82 Å². The molecule has 0 saturated heterocycles. The summed E-state index contributed by atoms with van der Waals surface area (Å²) in [6.07, 6.45) is 2.10. The van der Waals surface area contributed by atoms with E-state index in [1.807, 2.05) is 18.2 Å². The fourth-order valence-electron chi connectivity index (χ4n) is 2.06. The second kappa shape index (κ2) is 6.58. The van der Waals surface area contributed by atoms with Gasteiger partial charge in [-0.25, -0.2) is 4.39 Å². The Bertz CT molecular complexity index is 554. The van der Waals surface area contributed by atoms with Crippen LogP contribution in [0.4, 0.5) is 10.1 Å². The van der Waals surface area contributed by atoms with Gasteiger partial charge in [-0.1, -0.05) is 55.3 Å². The van der Waals surface area contributed by atoms with Crippen LogP contribution in [0.2, 0.25) is 5.02 Å². The summed E-state index contributed by atoms with van der Waals surface area (Å²) in [5, 5.41) is 3.45. The number of hydrogen-bond donors (Lipinski definition) is 1. The van der Waals surface area contributed by atoms with Crippen LogP contribution in [-0.2, 0) is 13.0 Å². The molecule has 0 fully saturated rings. The van der Waals surface area contributed by atoms with E-state index in [1.54, 1.807) is 18.2 Å². The lowest BCUT2D eigenvalue weighted by Crippen LogP contribution is -2.04. The minimum Gasteiger partial charge on any atom is -0.381 e. The summed E-state index contributed by atoms with van der Waals surface area (Å²) in [5.74, 6) is -0.343. The zero-order valence-electron chi connectivity index (χ0n) is 10.9. The maximum Gasteiger partial charge on any atom is 0.146 e. The smallest absolute Gasteiger partial charge is 0.146 e. The highest BCUT2D eigenvalue weighted by molar-refractivity contribution is 6.30. The van der Waals surface area contributed by atoms with Gasteiger partial charge in [-0.05, 0) is 24.1 Å². The quantitative estimate of drug-likeness (QED) is 0.807. The van der Waals surface area contributed by atoms with Crippen LogP contribution in [0.25, 0.3) is 0 Å². The molecule has 0 amide bonds. The lowest BCUT2D eigenvalue weighted by atomic mass is 10.1. The lowest BCUT2D eigenvalue weighted by molar-refractivity contribution is 0.613. The molecule has 2 aromatic rings. The maximum absolute atomic E-state index is 13.8. The number of nitrogens with one attached hydrogen (secondary N) is 1. The Morgan fingerprint density at radius 2 is 1.79 bits per heavy atom. The number of rotatable bonds is 5. The van der Waals surface area contributed by atoms with Crippen molar-refractivity contribution in [3.8, 4) is 0 Å². The van der Waals surface area contributed by atoms with Crippen molar-refractivity contribution in [2.24, 2.45) is 0 Å². The Balaban J connectivity index is 2.12. The Morgan fingerprint density at radius 3 is 2.58 bits per heavy atom. The monoisotopic (exact) mass is 277 g/mol. The lowest BCUT2D eigenvalue weighted by Gasteiger charge is -2.12. The van der Waals surface area contributed by atoms with Crippen LogP contribution in [-0.4, -0.2) is 0 Å². The standard InChI is InChI=1S/C16H17ClFN/c1-2-6-12-7-3-4-10-15(12)19-11-13-8-5-9-14(17)16(13)18/h3-5,7-10,19H,2,6,11H2,1H3. The molecule has 0 aromatic heterocycles. The summed E-state index contributed by atoms with van der Waals surface area (Å²) < 4.78 is 13.8. The topological polar surface area (TPSA) is 12.0 Å². The summed E-state index contributed by atoms with van der Waals surface area (Å²) in [7, 11) is 0. The molecule has 0 unspecified atom stereocenters. The van der Waals surface area contributed by atoms with E-state index in [-0.39, 0.29) is 10.8 Å². The van der Waals surface area contributed by atoms with Crippen LogP contribution in [0, 0.1) is 5.82 Å². The predicted octanol–water partition coefficient (Wildman–Crippen LogP) is 5.04. The molecular weight excluding hydrogens is 261 g/mol. The van der Waals surface area contributed by atoms with Crippen molar-refractivity contribution < 1.29 is 4.39 Å². The third-order valence-corrected chi connectivity index (χ3v) is 3.33. The molecule has 0 radical (unpaired) electrons. The van der Waals surface area contributed by atoms with E-state index in [0.717, 1.165) is 18.5 Å². The number of anilines is 1. The van der Waals surface area contributed by atoms with Crippen LogP contribution >= 0.6 is 11.6 Å². The molecule has 0 spiro atoms.